The summed E-state index contributed by atoms with van der Waals surface area (Å²) < 4.78 is 19.9. The molecule has 3 aliphatic rings. The first-order valence-corrected chi connectivity index (χ1v) is 18.9. The Hall–Kier alpha value is -4.23. The minimum atomic E-state index is -0.579. The summed E-state index contributed by atoms with van der Waals surface area (Å²) >= 11 is 1.45. The Morgan fingerprint density at radius 2 is 1.59 bits per heavy atom. The lowest BCUT2D eigenvalue weighted by molar-refractivity contribution is 0.000230. The van der Waals surface area contributed by atoms with Gasteiger partial charge in [0.2, 0.25) is 0 Å². The fraction of sp³-hybridized carbons (Fsp3) is 0.436. The third kappa shape index (κ3) is 9.17. The number of benzene rings is 2. The number of aromatic nitrogens is 2. The highest BCUT2D eigenvalue weighted by molar-refractivity contribution is 7.09. The van der Waals surface area contributed by atoms with Crippen LogP contribution in [-0.4, -0.2) is 89.1 Å². The summed E-state index contributed by atoms with van der Waals surface area (Å²) in [6.07, 6.45) is 6.40. The second-order valence-electron chi connectivity index (χ2n) is 13.9. The average Bonchev–Trinajstić information content (AvgIpc) is 3.60. The number of amides is 2. The van der Waals surface area contributed by atoms with Crippen molar-refractivity contribution in [3.63, 3.8) is 0 Å². The topological polar surface area (TPSA) is 112 Å². The number of carbonyl (C=O) groups excluding carboxylic acids is 2. The number of ether oxygens (including phenoxy) is 1. The van der Waals surface area contributed by atoms with Crippen molar-refractivity contribution in [1.29, 1.82) is 0 Å². The summed E-state index contributed by atoms with van der Waals surface area (Å²) in [5.41, 5.74) is 4.75. The number of thiazole rings is 1. The number of pyridine rings is 1. The maximum atomic E-state index is 14.4. The lowest BCUT2D eigenvalue weighted by atomic mass is 9.91. The lowest BCUT2D eigenvalue weighted by Crippen LogP contribution is -2.48. The van der Waals surface area contributed by atoms with E-state index in [2.05, 4.69) is 66.0 Å². The predicted molar refractivity (Wildman–Crippen MR) is 198 cm³/mol. The molecule has 4 heterocycles. The summed E-state index contributed by atoms with van der Waals surface area (Å²) in [6, 6.07) is 18.5. The Bertz CT molecular complexity index is 1800. The van der Waals surface area contributed by atoms with Crippen LogP contribution in [0.15, 0.2) is 66.2 Å². The van der Waals surface area contributed by atoms with E-state index in [4.69, 9.17) is 4.74 Å². The van der Waals surface area contributed by atoms with Gasteiger partial charge in [-0.1, -0.05) is 36.4 Å². The van der Waals surface area contributed by atoms with E-state index in [9.17, 15) is 14.0 Å². The van der Waals surface area contributed by atoms with Crippen LogP contribution < -0.4 is 16.0 Å². The summed E-state index contributed by atoms with van der Waals surface area (Å²) in [5, 5.41) is 12.0. The number of nitrogens with one attached hydrogen (secondary N) is 3. The summed E-state index contributed by atoms with van der Waals surface area (Å²) in [6.45, 7) is 8.87. The van der Waals surface area contributed by atoms with Gasteiger partial charge >= 0.3 is 0 Å². The smallest absolute Gasteiger partial charge is 0.270 e. The Morgan fingerprint density at radius 1 is 0.882 bits per heavy atom. The zero-order valence-electron chi connectivity index (χ0n) is 29.1. The molecule has 2 aromatic heterocycles. The highest BCUT2D eigenvalue weighted by Crippen LogP contribution is 2.28. The summed E-state index contributed by atoms with van der Waals surface area (Å²) in [7, 11) is 0. The van der Waals surface area contributed by atoms with E-state index in [1.165, 1.54) is 35.8 Å². The molecule has 1 aliphatic carbocycles. The molecule has 10 nitrogen and oxygen atoms in total. The molecule has 0 atom stereocenters. The SMILES string of the molecule is Cc1nc(C(=O)N[C@H]2CC[C@@H](NC(=O)c3cc(F)cnc3Nc3cccc(-c4ccc(CN5CCC(N6CCOCC6)CC5)cc4)c3)CC2)cs1. The molecule has 12 heteroatoms. The van der Waals surface area contributed by atoms with Gasteiger partial charge in [-0.25, -0.2) is 14.4 Å². The molecule has 3 N–H and O–H groups in total. The molecule has 51 heavy (non-hydrogen) atoms. The third-order valence-corrected chi connectivity index (χ3v) is 11.1. The lowest BCUT2D eigenvalue weighted by Gasteiger charge is -2.40. The van der Waals surface area contributed by atoms with Crippen molar-refractivity contribution >= 4 is 34.7 Å². The Balaban J connectivity index is 0.925. The van der Waals surface area contributed by atoms with Crippen molar-refractivity contribution in [2.24, 2.45) is 0 Å². The molecular formula is C39H46FN7O3S. The van der Waals surface area contributed by atoms with E-state index in [-0.39, 0.29) is 29.5 Å². The third-order valence-electron chi connectivity index (χ3n) is 10.3. The van der Waals surface area contributed by atoms with Gasteiger partial charge in [0.25, 0.3) is 11.8 Å². The number of carbonyl (C=O) groups is 2. The van der Waals surface area contributed by atoms with Gasteiger partial charge < -0.3 is 20.7 Å². The van der Waals surface area contributed by atoms with E-state index in [0.29, 0.717) is 30.4 Å². The fourth-order valence-electron chi connectivity index (χ4n) is 7.44. The predicted octanol–water partition coefficient (Wildman–Crippen LogP) is 6.16. The Morgan fingerprint density at radius 3 is 2.27 bits per heavy atom. The van der Waals surface area contributed by atoms with E-state index in [0.717, 1.165) is 86.8 Å². The monoisotopic (exact) mass is 711 g/mol. The van der Waals surface area contributed by atoms with Gasteiger partial charge in [-0.2, -0.15) is 0 Å². The molecule has 4 aromatic rings. The maximum absolute atomic E-state index is 14.4. The molecule has 7 rings (SSSR count). The first-order valence-electron chi connectivity index (χ1n) is 18.1. The van der Waals surface area contributed by atoms with Crippen LogP contribution in [-0.2, 0) is 11.3 Å². The van der Waals surface area contributed by atoms with Crippen LogP contribution in [0.25, 0.3) is 11.1 Å². The zero-order chi connectivity index (χ0) is 35.2. The Labute approximate surface area is 302 Å². The van der Waals surface area contributed by atoms with Crippen molar-refractivity contribution < 1.29 is 18.7 Å². The van der Waals surface area contributed by atoms with E-state index in [1.807, 2.05) is 25.1 Å². The zero-order valence-corrected chi connectivity index (χ0v) is 29.9. The quantitative estimate of drug-likeness (QED) is 0.179. The van der Waals surface area contributed by atoms with Crippen LogP contribution in [0, 0.1) is 12.7 Å². The van der Waals surface area contributed by atoms with Crippen LogP contribution in [0.2, 0.25) is 0 Å². The minimum absolute atomic E-state index is 0.0211. The van der Waals surface area contributed by atoms with E-state index in [1.54, 1.807) is 5.38 Å². The van der Waals surface area contributed by atoms with Gasteiger partial charge in [-0.3, -0.25) is 19.4 Å². The second-order valence-corrected chi connectivity index (χ2v) is 14.9. The van der Waals surface area contributed by atoms with Gasteiger partial charge in [0.1, 0.15) is 17.3 Å². The van der Waals surface area contributed by atoms with Gasteiger partial charge in [0.15, 0.2) is 0 Å². The number of aryl methyl sites for hydroxylation is 1. The average molecular weight is 712 g/mol. The number of hydrogen-bond donors (Lipinski definition) is 3. The highest BCUT2D eigenvalue weighted by Gasteiger charge is 2.27. The molecule has 2 amide bonds. The van der Waals surface area contributed by atoms with E-state index < -0.39 is 5.82 Å². The summed E-state index contributed by atoms with van der Waals surface area (Å²) in [4.78, 5) is 39.6. The molecule has 0 radical (unpaired) electrons. The number of likely N-dealkylation sites (tertiary alicyclic amines) is 1. The normalized spacial score (nSPS) is 20.5. The molecule has 1 saturated carbocycles. The Kier molecular flexibility index (Phi) is 11.3. The highest BCUT2D eigenvalue weighted by atomic mass is 32.1. The first kappa shape index (κ1) is 35.2. The van der Waals surface area contributed by atoms with E-state index >= 15 is 0 Å². The van der Waals surface area contributed by atoms with Gasteiger partial charge in [0, 0.05) is 48.8 Å². The van der Waals surface area contributed by atoms with Gasteiger partial charge in [-0.05, 0) is 93.4 Å². The van der Waals surface area contributed by atoms with Gasteiger partial charge in [0.05, 0.1) is 30.0 Å². The molecule has 2 aromatic carbocycles. The maximum Gasteiger partial charge on any atom is 0.270 e. The van der Waals surface area contributed by atoms with Crippen LogP contribution in [0.3, 0.4) is 0 Å². The van der Waals surface area contributed by atoms with Crippen LogP contribution in [0.4, 0.5) is 15.9 Å². The summed E-state index contributed by atoms with van der Waals surface area (Å²) in [5.74, 6) is -0.838. The largest absolute Gasteiger partial charge is 0.379 e. The molecular weight excluding hydrogens is 666 g/mol. The van der Waals surface area contributed by atoms with Crippen molar-refractivity contribution in [3.05, 3.63) is 93.8 Å². The number of rotatable bonds is 10. The van der Waals surface area contributed by atoms with Crippen molar-refractivity contribution in [2.45, 2.75) is 70.1 Å². The minimum Gasteiger partial charge on any atom is -0.379 e. The fourth-order valence-corrected chi connectivity index (χ4v) is 8.04. The molecule has 2 saturated heterocycles. The molecule has 2 aliphatic heterocycles. The molecule has 0 unspecified atom stereocenters. The van der Waals surface area contributed by atoms with Crippen molar-refractivity contribution in [2.75, 3.05) is 44.7 Å². The second kappa shape index (κ2) is 16.4. The number of hydrogen-bond acceptors (Lipinski definition) is 9. The number of halogens is 1. The molecule has 0 spiro atoms. The van der Waals surface area contributed by atoms with Crippen molar-refractivity contribution in [1.82, 2.24) is 30.4 Å². The number of morpholine rings is 1. The molecule has 3 fully saturated rings. The van der Waals surface area contributed by atoms with Gasteiger partial charge in [-0.15, -0.1) is 11.3 Å². The molecule has 268 valence electrons. The first-order chi connectivity index (χ1) is 24.9. The van der Waals surface area contributed by atoms with Crippen LogP contribution in [0.5, 0.6) is 0 Å². The standard InChI is InChI=1S/C39H46FN7O3S/c1-26-42-36(25-51-26)39(49)45-32-11-9-31(10-12-32)44-38(48)35-22-30(40)23-41-37(35)43-33-4-2-3-29(21-33)28-7-5-27(6-8-28)24-46-15-13-34(14-16-46)47-17-19-50-20-18-47/h2-8,21-23,25,31-32,34H,9-20,24H2,1H3,(H,41,43)(H,44,48)(H,45,49)/t31-,32+. The van der Waals surface area contributed by atoms with Crippen LogP contribution >= 0.6 is 11.3 Å². The number of piperidine rings is 1. The number of nitrogens with zero attached hydrogens (tertiary/aromatic N) is 4. The van der Waals surface area contributed by atoms with Crippen LogP contribution in [0.1, 0.15) is 69.9 Å². The van der Waals surface area contributed by atoms with Crippen molar-refractivity contribution in [3.8, 4) is 11.1 Å². The number of anilines is 2. The molecule has 0 bridgehead atoms.